The zero-order chi connectivity index (χ0) is 13.3. The number of hydrogen-bond donors (Lipinski definition) is 1. The van der Waals surface area contributed by atoms with Crippen molar-refractivity contribution < 1.29 is 4.39 Å². The standard InChI is InChI=1S/C13H12BrClFNS/c1-7-4-3-5-8(11(7)16)12(17-2)10-6-9(15)13(14)18-10/h3-6,12,17H,1-2H3. The minimum Gasteiger partial charge on any atom is -0.309 e. The molecule has 1 heterocycles. The highest BCUT2D eigenvalue weighted by Gasteiger charge is 2.20. The second-order valence-electron chi connectivity index (χ2n) is 3.97. The lowest BCUT2D eigenvalue weighted by Gasteiger charge is -2.16. The minimum absolute atomic E-state index is 0.169. The normalized spacial score (nSPS) is 12.7. The van der Waals surface area contributed by atoms with Gasteiger partial charge in [0.2, 0.25) is 0 Å². The van der Waals surface area contributed by atoms with Crippen LogP contribution in [0.1, 0.15) is 22.0 Å². The molecule has 0 fully saturated rings. The maximum Gasteiger partial charge on any atom is 0.131 e. The van der Waals surface area contributed by atoms with Gasteiger partial charge in [0.1, 0.15) is 5.82 Å². The van der Waals surface area contributed by atoms with Crippen molar-refractivity contribution in [2.24, 2.45) is 0 Å². The second-order valence-corrected chi connectivity index (χ2v) is 6.78. The van der Waals surface area contributed by atoms with Crippen LogP contribution in [0.3, 0.4) is 0 Å². The zero-order valence-electron chi connectivity index (χ0n) is 9.93. The molecule has 2 aromatic rings. The molecule has 1 aromatic carbocycles. The molecule has 0 aliphatic heterocycles. The number of aryl methyl sites for hydroxylation is 1. The summed E-state index contributed by atoms with van der Waals surface area (Å²) in [6, 6.07) is 7.11. The molecule has 0 bridgehead atoms. The predicted molar refractivity (Wildman–Crippen MR) is 79.1 cm³/mol. The molecule has 5 heteroatoms. The van der Waals surface area contributed by atoms with Crippen LogP contribution in [0.4, 0.5) is 4.39 Å². The van der Waals surface area contributed by atoms with E-state index < -0.39 is 0 Å². The van der Waals surface area contributed by atoms with Crippen LogP contribution in [0.15, 0.2) is 28.1 Å². The first-order valence-corrected chi connectivity index (χ1v) is 7.40. The first-order chi connectivity index (χ1) is 8.54. The third-order valence-corrected chi connectivity index (χ3v) is 5.31. The number of benzene rings is 1. The zero-order valence-corrected chi connectivity index (χ0v) is 13.1. The van der Waals surface area contributed by atoms with E-state index in [1.807, 2.05) is 19.2 Å². The van der Waals surface area contributed by atoms with Gasteiger partial charge in [0.15, 0.2) is 0 Å². The molecule has 0 radical (unpaired) electrons. The van der Waals surface area contributed by atoms with Gasteiger partial charge in [-0.25, -0.2) is 4.39 Å². The van der Waals surface area contributed by atoms with E-state index in [1.54, 1.807) is 19.1 Å². The summed E-state index contributed by atoms with van der Waals surface area (Å²) in [5, 5.41) is 3.79. The highest BCUT2D eigenvalue weighted by atomic mass is 79.9. The second kappa shape index (κ2) is 5.70. The summed E-state index contributed by atoms with van der Waals surface area (Å²) in [6.07, 6.45) is 0. The van der Waals surface area contributed by atoms with E-state index in [0.29, 0.717) is 16.1 Å². The Labute approximate surface area is 123 Å². The number of nitrogens with one attached hydrogen (secondary N) is 1. The summed E-state index contributed by atoms with van der Waals surface area (Å²) < 4.78 is 15.0. The molecule has 0 amide bonds. The molecule has 0 saturated carbocycles. The predicted octanol–water partition coefficient (Wildman–Crippen LogP) is 4.92. The van der Waals surface area contributed by atoms with Crippen molar-refractivity contribution in [3.05, 3.63) is 54.9 Å². The molecular formula is C13H12BrClFNS. The Hall–Kier alpha value is -0.420. The van der Waals surface area contributed by atoms with Gasteiger partial charge in [0.25, 0.3) is 0 Å². The molecule has 1 nitrogen and oxygen atoms in total. The van der Waals surface area contributed by atoms with Crippen molar-refractivity contribution in [1.29, 1.82) is 0 Å². The first-order valence-electron chi connectivity index (χ1n) is 5.41. The van der Waals surface area contributed by atoms with E-state index in [4.69, 9.17) is 11.6 Å². The van der Waals surface area contributed by atoms with Crippen LogP contribution in [-0.2, 0) is 0 Å². The van der Waals surface area contributed by atoms with Crippen molar-refractivity contribution in [3.63, 3.8) is 0 Å². The van der Waals surface area contributed by atoms with Crippen LogP contribution >= 0.6 is 38.9 Å². The molecule has 96 valence electrons. The fraction of sp³-hybridized carbons (Fsp3) is 0.231. The van der Waals surface area contributed by atoms with Crippen molar-refractivity contribution >= 4 is 38.9 Å². The average Bonchev–Trinajstić information content (AvgIpc) is 2.66. The van der Waals surface area contributed by atoms with Gasteiger partial charge in [-0.05, 0) is 41.5 Å². The quantitative estimate of drug-likeness (QED) is 0.830. The summed E-state index contributed by atoms with van der Waals surface area (Å²) in [5.41, 5.74) is 1.29. The Bertz CT molecular complexity index is 551. The number of rotatable bonds is 3. The van der Waals surface area contributed by atoms with E-state index in [9.17, 15) is 4.39 Å². The summed E-state index contributed by atoms with van der Waals surface area (Å²) >= 11 is 10.9. The first kappa shape index (κ1) is 14.0. The Morgan fingerprint density at radius 3 is 2.72 bits per heavy atom. The molecule has 0 saturated heterocycles. The van der Waals surface area contributed by atoms with Crippen LogP contribution < -0.4 is 5.32 Å². The molecule has 0 aliphatic carbocycles. The molecule has 2 rings (SSSR count). The van der Waals surface area contributed by atoms with E-state index in [0.717, 1.165) is 8.66 Å². The lowest BCUT2D eigenvalue weighted by molar-refractivity contribution is 0.572. The molecule has 1 N–H and O–H groups in total. The topological polar surface area (TPSA) is 12.0 Å². The maximum absolute atomic E-state index is 14.2. The molecule has 1 aromatic heterocycles. The van der Waals surface area contributed by atoms with Crippen molar-refractivity contribution in [2.45, 2.75) is 13.0 Å². The molecule has 1 atom stereocenters. The summed E-state index contributed by atoms with van der Waals surface area (Å²) in [5.74, 6) is -0.169. The average molecular weight is 349 g/mol. The summed E-state index contributed by atoms with van der Waals surface area (Å²) in [6.45, 7) is 1.77. The molecule has 18 heavy (non-hydrogen) atoms. The van der Waals surface area contributed by atoms with Crippen molar-refractivity contribution in [3.8, 4) is 0 Å². The lowest BCUT2D eigenvalue weighted by atomic mass is 10.0. The van der Waals surface area contributed by atoms with Crippen LogP contribution in [-0.4, -0.2) is 7.05 Å². The van der Waals surface area contributed by atoms with Gasteiger partial charge in [-0.3, -0.25) is 0 Å². The Balaban J connectivity index is 2.48. The highest BCUT2D eigenvalue weighted by Crippen LogP contribution is 2.38. The van der Waals surface area contributed by atoms with E-state index in [-0.39, 0.29) is 11.9 Å². The van der Waals surface area contributed by atoms with Gasteiger partial charge in [0, 0.05) is 10.4 Å². The van der Waals surface area contributed by atoms with E-state index in [2.05, 4.69) is 21.2 Å². The van der Waals surface area contributed by atoms with Gasteiger partial charge in [-0.2, -0.15) is 0 Å². The lowest BCUT2D eigenvalue weighted by Crippen LogP contribution is -2.18. The monoisotopic (exact) mass is 347 g/mol. The van der Waals surface area contributed by atoms with Crippen LogP contribution in [0, 0.1) is 12.7 Å². The molecule has 0 aliphatic rings. The van der Waals surface area contributed by atoms with Crippen LogP contribution in [0.2, 0.25) is 5.02 Å². The SMILES string of the molecule is CNC(c1cc(Cl)c(Br)s1)c1cccc(C)c1F. The minimum atomic E-state index is -0.182. The highest BCUT2D eigenvalue weighted by molar-refractivity contribution is 9.11. The van der Waals surface area contributed by atoms with Gasteiger partial charge in [0.05, 0.1) is 14.9 Å². The maximum atomic E-state index is 14.2. The van der Waals surface area contributed by atoms with Gasteiger partial charge < -0.3 is 5.32 Å². The van der Waals surface area contributed by atoms with Gasteiger partial charge >= 0.3 is 0 Å². The summed E-state index contributed by atoms with van der Waals surface area (Å²) in [4.78, 5) is 0.985. The third-order valence-electron chi connectivity index (χ3n) is 2.77. The Morgan fingerprint density at radius 1 is 1.44 bits per heavy atom. The Kier molecular flexibility index (Phi) is 4.43. The van der Waals surface area contributed by atoms with Gasteiger partial charge in [-0.1, -0.05) is 29.8 Å². The van der Waals surface area contributed by atoms with Crippen molar-refractivity contribution in [2.75, 3.05) is 7.05 Å². The molecular weight excluding hydrogens is 337 g/mol. The van der Waals surface area contributed by atoms with Gasteiger partial charge in [-0.15, -0.1) is 11.3 Å². The van der Waals surface area contributed by atoms with Crippen LogP contribution in [0.25, 0.3) is 0 Å². The van der Waals surface area contributed by atoms with E-state index in [1.165, 1.54) is 11.3 Å². The smallest absolute Gasteiger partial charge is 0.131 e. The number of thiophene rings is 1. The fourth-order valence-corrected chi connectivity index (χ4v) is 3.73. The molecule has 1 unspecified atom stereocenters. The molecule has 0 spiro atoms. The van der Waals surface area contributed by atoms with E-state index >= 15 is 0 Å². The number of halogens is 3. The fourth-order valence-electron chi connectivity index (χ4n) is 1.85. The Morgan fingerprint density at radius 2 is 2.17 bits per heavy atom. The van der Waals surface area contributed by atoms with Crippen LogP contribution in [0.5, 0.6) is 0 Å². The van der Waals surface area contributed by atoms with Crippen molar-refractivity contribution in [1.82, 2.24) is 5.32 Å². The number of hydrogen-bond acceptors (Lipinski definition) is 2. The largest absolute Gasteiger partial charge is 0.309 e. The summed E-state index contributed by atoms with van der Waals surface area (Å²) in [7, 11) is 1.81. The third kappa shape index (κ3) is 2.62.